The molecule has 1 heterocycles. The van der Waals surface area contributed by atoms with Crippen LogP contribution >= 0.6 is 7.14 Å². The molecule has 1 aliphatic rings. The van der Waals surface area contributed by atoms with Gasteiger partial charge in [0.1, 0.15) is 0 Å². The molecular formula is C24H21O3P. The highest BCUT2D eigenvalue weighted by molar-refractivity contribution is 8.01. The van der Waals surface area contributed by atoms with E-state index < -0.39 is 18.2 Å². The molecule has 0 aliphatic carbocycles. The molecule has 0 amide bonds. The van der Waals surface area contributed by atoms with Crippen LogP contribution in [0, 0.1) is 27.7 Å². The van der Waals surface area contributed by atoms with E-state index in [0.717, 1.165) is 22.3 Å². The van der Waals surface area contributed by atoms with E-state index in [4.69, 9.17) is 0 Å². The predicted octanol–water partition coefficient (Wildman–Crippen LogP) is 5.57. The quantitative estimate of drug-likeness (QED) is 0.512. The zero-order valence-electron chi connectivity index (χ0n) is 16.4. The lowest BCUT2D eigenvalue weighted by atomic mass is 9.89. The summed E-state index contributed by atoms with van der Waals surface area (Å²) in [6.07, 6.45) is 0. The molecule has 0 N–H and O–H groups in total. The predicted molar refractivity (Wildman–Crippen MR) is 113 cm³/mol. The highest BCUT2D eigenvalue weighted by Gasteiger charge is 2.47. The summed E-state index contributed by atoms with van der Waals surface area (Å²) >= 11 is 0. The van der Waals surface area contributed by atoms with Gasteiger partial charge in [-0.25, -0.2) is 0 Å². The molecule has 0 aromatic heterocycles. The minimum Gasteiger partial charge on any atom is -0.302 e. The smallest absolute Gasteiger partial charge is 0.248 e. The Morgan fingerprint density at radius 3 is 1.50 bits per heavy atom. The Labute approximate surface area is 164 Å². The molecule has 4 rings (SSSR count). The lowest BCUT2D eigenvalue weighted by molar-refractivity contribution is 0.104. The molecule has 28 heavy (non-hydrogen) atoms. The number of rotatable bonds is 1. The van der Waals surface area contributed by atoms with Crippen LogP contribution in [0.5, 0.6) is 0 Å². The summed E-state index contributed by atoms with van der Waals surface area (Å²) < 4.78 is 14.2. The number of carbonyl (C=O) groups excluding carboxylic acids is 2. The Balaban J connectivity index is 2.21. The molecular weight excluding hydrogens is 367 g/mol. The Morgan fingerprint density at radius 2 is 1.07 bits per heavy atom. The Bertz CT molecular complexity index is 1130. The van der Waals surface area contributed by atoms with E-state index in [0.29, 0.717) is 27.6 Å². The van der Waals surface area contributed by atoms with Crippen LogP contribution < -0.4 is 5.30 Å². The molecule has 0 bridgehead atoms. The highest BCUT2D eigenvalue weighted by atomic mass is 31.2. The van der Waals surface area contributed by atoms with Gasteiger partial charge in [-0.1, -0.05) is 65.7 Å². The van der Waals surface area contributed by atoms with Crippen LogP contribution in [0.1, 0.15) is 43.0 Å². The Hall–Kier alpha value is -2.77. The van der Waals surface area contributed by atoms with Gasteiger partial charge in [0.25, 0.3) is 0 Å². The summed E-state index contributed by atoms with van der Waals surface area (Å²) in [5.41, 5.74) is 4.55. The van der Waals surface area contributed by atoms with Gasteiger partial charge in [-0.05, 0) is 49.9 Å². The summed E-state index contributed by atoms with van der Waals surface area (Å²) in [5, 5.41) is 0.295. The summed E-state index contributed by atoms with van der Waals surface area (Å²) in [4.78, 5) is 27.4. The monoisotopic (exact) mass is 388 g/mol. The Morgan fingerprint density at radius 1 is 0.643 bits per heavy atom. The van der Waals surface area contributed by atoms with Gasteiger partial charge in [-0.2, -0.15) is 0 Å². The maximum absolute atomic E-state index is 14.2. The number of benzene rings is 3. The van der Waals surface area contributed by atoms with Crippen molar-refractivity contribution in [3.63, 3.8) is 0 Å². The van der Waals surface area contributed by atoms with E-state index >= 15 is 0 Å². The summed E-state index contributed by atoms with van der Waals surface area (Å²) in [7, 11) is -4.02. The number of hydrogen-bond donors (Lipinski definition) is 0. The van der Waals surface area contributed by atoms with Crippen molar-refractivity contribution in [2.24, 2.45) is 0 Å². The lowest BCUT2D eigenvalue weighted by Gasteiger charge is -2.16. The third-order valence-electron chi connectivity index (χ3n) is 5.37. The van der Waals surface area contributed by atoms with E-state index in [1.54, 1.807) is 30.3 Å². The average Bonchev–Trinajstić information content (AvgIpc) is 2.71. The second-order valence-electron chi connectivity index (χ2n) is 7.56. The summed E-state index contributed by atoms with van der Waals surface area (Å²) in [5.74, 6) is 0. The fourth-order valence-corrected chi connectivity index (χ4v) is 6.68. The van der Waals surface area contributed by atoms with Crippen LogP contribution in [0.15, 0.2) is 54.6 Å². The van der Waals surface area contributed by atoms with Crippen LogP contribution in [0.25, 0.3) is 11.1 Å². The van der Waals surface area contributed by atoms with Crippen molar-refractivity contribution in [3.8, 4) is 11.1 Å². The van der Waals surface area contributed by atoms with Gasteiger partial charge in [0.15, 0.2) is 0 Å². The van der Waals surface area contributed by atoms with Gasteiger partial charge in [0.05, 0.1) is 0 Å². The van der Waals surface area contributed by atoms with Crippen molar-refractivity contribution in [3.05, 3.63) is 88.0 Å². The van der Waals surface area contributed by atoms with Crippen LogP contribution in [0.4, 0.5) is 0 Å². The molecule has 0 saturated heterocycles. The molecule has 0 atom stereocenters. The zero-order valence-corrected chi connectivity index (χ0v) is 17.3. The fraction of sp³-hybridized carbons (Fsp3) is 0.167. The van der Waals surface area contributed by atoms with E-state index in [1.807, 2.05) is 52.0 Å². The molecule has 4 heteroatoms. The van der Waals surface area contributed by atoms with Crippen molar-refractivity contribution >= 4 is 23.5 Å². The minimum atomic E-state index is -4.02. The van der Waals surface area contributed by atoms with Gasteiger partial charge in [-0.3, -0.25) is 9.59 Å². The van der Waals surface area contributed by atoms with E-state index in [-0.39, 0.29) is 0 Å². The molecule has 1 aliphatic heterocycles. The SMILES string of the molecule is Cc1cc(C)c2c(c1)-c1cc(C)cc(C)c1C(=O)P(=O)(c1ccccc1)C2=O. The maximum atomic E-state index is 14.2. The van der Waals surface area contributed by atoms with Crippen LogP contribution in [0.3, 0.4) is 0 Å². The molecule has 3 aromatic carbocycles. The number of hydrogen-bond acceptors (Lipinski definition) is 3. The fourth-order valence-electron chi connectivity index (χ4n) is 4.21. The molecule has 3 nitrogen and oxygen atoms in total. The normalized spacial score (nSPS) is 15.0. The molecule has 3 aromatic rings. The van der Waals surface area contributed by atoms with Crippen molar-refractivity contribution in [1.29, 1.82) is 0 Å². The van der Waals surface area contributed by atoms with Crippen molar-refractivity contribution in [2.75, 3.05) is 0 Å². The van der Waals surface area contributed by atoms with E-state index in [1.165, 1.54) is 0 Å². The minimum absolute atomic E-state index is 0.295. The third kappa shape index (κ3) is 2.54. The van der Waals surface area contributed by atoms with Crippen LogP contribution in [-0.4, -0.2) is 11.0 Å². The first-order valence-corrected chi connectivity index (χ1v) is 10.9. The second-order valence-corrected chi connectivity index (χ2v) is 10.1. The number of carbonyl (C=O) groups is 2. The number of aryl methyl sites for hydroxylation is 4. The molecule has 0 unspecified atom stereocenters. The van der Waals surface area contributed by atoms with E-state index in [9.17, 15) is 14.2 Å². The molecule has 0 fully saturated rings. The second kappa shape index (κ2) is 6.39. The molecule has 0 radical (unpaired) electrons. The molecule has 140 valence electrons. The molecule has 0 spiro atoms. The summed E-state index contributed by atoms with van der Waals surface area (Å²) in [6, 6.07) is 16.1. The van der Waals surface area contributed by atoms with Crippen LogP contribution in [0.2, 0.25) is 0 Å². The highest BCUT2D eigenvalue weighted by Crippen LogP contribution is 2.56. The third-order valence-corrected chi connectivity index (χ3v) is 7.99. The van der Waals surface area contributed by atoms with Gasteiger partial charge in [0.2, 0.25) is 18.2 Å². The lowest BCUT2D eigenvalue weighted by Crippen LogP contribution is -2.20. The largest absolute Gasteiger partial charge is 0.302 e. The van der Waals surface area contributed by atoms with Crippen molar-refractivity contribution in [1.82, 2.24) is 0 Å². The van der Waals surface area contributed by atoms with Crippen molar-refractivity contribution in [2.45, 2.75) is 27.7 Å². The molecule has 0 saturated carbocycles. The van der Waals surface area contributed by atoms with Gasteiger partial charge in [-0.15, -0.1) is 0 Å². The first kappa shape index (κ1) is 18.6. The first-order valence-electron chi connectivity index (χ1n) is 9.23. The van der Waals surface area contributed by atoms with Crippen LogP contribution in [-0.2, 0) is 4.57 Å². The Kier molecular flexibility index (Phi) is 4.24. The maximum Gasteiger partial charge on any atom is 0.248 e. The van der Waals surface area contributed by atoms with Gasteiger partial charge >= 0.3 is 0 Å². The topological polar surface area (TPSA) is 51.2 Å². The van der Waals surface area contributed by atoms with Gasteiger partial charge in [0, 0.05) is 16.4 Å². The van der Waals surface area contributed by atoms with Gasteiger partial charge < -0.3 is 4.57 Å². The average molecular weight is 388 g/mol. The first-order chi connectivity index (χ1) is 13.2. The standard InChI is InChI=1S/C24H21O3P/c1-14-10-16(3)21-19(12-14)20-13-15(2)11-17(4)22(20)24(26)28(27,23(21)25)18-8-6-5-7-9-18/h5-13H,1-4H3. The summed E-state index contributed by atoms with van der Waals surface area (Å²) in [6.45, 7) is 7.61. The van der Waals surface area contributed by atoms with E-state index in [2.05, 4.69) is 0 Å². The van der Waals surface area contributed by atoms with Crippen molar-refractivity contribution < 1.29 is 14.2 Å². The zero-order chi connectivity index (χ0) is 20.2. The number of fused-ring (bicyclic) bond motifs is 3.